The first-order valence-corrected chi connectivity index (χ1v) is 11.2. The van der Waals surface area contributed by atoms with Crippen molar-refractivity contribution in [3.63, 3.8) is 0 Å². The lowest BCUT2D eigenvalue weighted by atomic mass is 9.96. The molecule has 0 N–H and O–H groups in total. The van der Waals surface area contributed by atoms with Crippen LogP contribution in [0.3, 0.4) is 0 Å². The van der Waals surface area contributed by atoms with Crippen LogP contribution in [0.15, 0.2) is 30.9 Å². The van der Waals surface area contributed by atoms with Crippen molar-refractivity contribution in [2.75, 3.05) is 6.61 Å². The molecule has 1 aliphatic rings. The van der Waals surface area contributed by atoms with Crippen molar-refractivity contribution in [1.29, 1.82) is 0 Å². The summed E-state index contributed by atoms with van der Waals surface area (Å²) in [4.78, 5) is 28.7. The smallest absolute Gasteiger partial charge is 0.193 e. The fourth-order valence-electron chi connectivity index (χ4n) is 3.88. The first-order valence-electron chi connectivity index (χ1n) is 9.98. The van der Waals surface area contributed by atoms with Gasteiger partial charge < -0.3 is 4.74 Å². The molecule has 10 heteroatoms. The molecule has 31 heavy (non-hydrogen) atoms. The van der Waals surface area contributed by atoms with E-state index in [4.69, 9.17) is 16.3 Å². The van der Waals surface area contributed by atoms with E-state index < -0.39 is 0 Å². The third-order valence-electron chi connectivity index (χ3n) is 5.18. The van der Waals surface area contributed by atoms with E-state index in [0.717, 1.165) is 51.5 Å². The number of carbonyl (C=O) groups is 1. The first kappa shape index (κ1) is 20.2. The van der Waals surface area contributed by atoms with E-state index in [1.165, 1.54) is 4.80 Å². The molecule has 1 fully saturated rings. The van der Waals surface area contributed by atoms with E-state index in [2.05, 4.69) is 25.1 Å². The third kappa shape index (κ3) is 4.08. The van der Waals surface area contributed by atoms with Crippen LogP contribution in [0.2, 0.25) is 5.02 Å². The SMILES string of the molecule is Cc1nc2c(C3CCCO3)c(CC(=O)Cc3cnc(-n4nccn4)c(Cl)c3)cnc2s1. The Kier molecular flexibility index (Phi) is 5.47. The third-order valence-corrected chi connectivity index (χ3v) is 6.34. The average Bonchev–Trinajstić information content (AvgIpc) is 3.49. The van der Waals surface area contributed by atoms with E-state index in [-0.39, 0.29) is 24.7 Å². The van der Waals surface area contributed by atoms with Gasteiger partial charge in [-0.3, -0.25) is 4.79 Å². The van der Waals surface area contributed by atoms with Gasteiger partial charge in [0.15, 0.2) is 5.82 Å². The number of aromatic nitrogens is 6. The van der Waals surface area contributed by atoms with Crippen LogP contribution in [-0.4, -0.2) is 42.3 Å². The predicted molar refractivity (Wildman–Crippen MR) is 117 cm³/mol. The Labute approximate surface area is 187 Å². The van der Waals surface area contributed by atoms with Gasteiger partial charge in [0.05, 0.1) is 28.5 Å². The Morgan fingerprint density at radius 2 is 2.10 bits per heavy atom. The normalized spacial score (nSPS) is 16.3. The maximum absolute atomic E-state index is 12.9. The van der Waals surface area contributed by atoms with E-state index >= 15 is 0 Å². The summed E-state index contributed by atoms with van der Waals surface area (Å²) >= 11 is 7.89. The summed E-state index contributed by atoms with van der Waals surface area (Å²) in [6.07, 6.45) is 8.92. The van der Waals surface area contributed by atoms with Gasteiger partial charge in [-0.25, -0.2) is 15.0 Å². The number of rotatable bonds is 6. The number of Topliss-reactive ketones (excluding diaryl/α,β-unsaturated/α-hetero) is 1. The lowest BCUT2D eigenvalue weighted by Crippen LogP contribution is -2.12. The van der Waals surface area contributed by atoms with Gasteiger partial charge in [0.2, 0.25) is 0 Å². The molecule has 1 atom stereocenters. The van der Waals surface area contributed by atoms with Gasteiger partial charge in [-0.05, 0) is 37.0 Å². The number of hydrogen-bond donors (Lipinski definition) is 0. The highest BCUT2D eigenvalue weighted by atomic mass is 35.5. The molecular weight excluding hydrogens is 436 g/mol. The van der Waals surface area contributed by atoms with Crippen molar-refractivity contribution in [3.05, 3.63) is 57.6 Å². The Hall–Kier alpha value is -2.75. The van der Waals surface area contributed by atoms with Gasteiger partial charge in [-0.2, -0.15) is 10.2 Å². The summed E-state index contributed by atoms with van der Waals surface area (Å²) in [5.41, 5.74) is 3.49. The Balaban J connectivity index is 1.39. The summed E-state index contributed by atoms with van der Waals surface area (Å²) in [5, 5.41) is 9.42. The Bertz CT molecular complexity index is 1250. The molecule has 0 radical (unpaired) electrons. The molecule has 1 aliphatic heterocycles. The van der Waals surface area contributed by atoms with Gasteiger partial charge in [0.25, 0.3) is 0 Å². The molecular formula is C21H19ClN6O2S. The number of ketones is 1. The number of halogens is 1. The second-order valence-electron chi connectivity index (χ2n) is 7.45. The molecule has 0 bridgehead atoms. The maximum atomic E-state index is 12.9. The molecule has 0 amide bonds. The van der Waals surface area contributed by atoms with E-state index in [0.29, 0.717) is 10.8 Å². The maximum Gasteiger partial charge on any atom is 0.193 e. The zero-order valence-corrected chi connectivity index (χ0v) is 18.4. The highest BCUT2D eigenvalue weighted by Crippen LogP contribution is 2.36. The number of aryl methyl sites for hydroxylation is 1. The molecule has 0 aromatic carbocycles. The zero-order valence-electron chi connectivity index (χ0n) is 16.8. The fraction of sp³-hybridized carbons (Fsp3) is 0.333. The van der Waals surface area contributed by atoms with E-state index in [1.54, 1.807) is 42.2 Å². The van der Waals surface area contributed by atoms with Crippen LogP contribution in [0.5, 0.6) is 0 Å². The van der Waals surface area contributed by atoms with E-state index in [9.17, 15) is 4.79 Å². The topological polar surface area (TPSA) is 95.7 Å². The number of ether oxygens (including phenoxy) is 1. The molecule has 0 spiro atoms. The number of carbonyl (C=O) groups excluding carboxylic acids is 1. The van der Waals surface area contributed by atoms with Crippen molar-refractivity contribution in [3.8, 4) is 5.82 Å². The highest BCUT2D eigenvalue weighted by Gasteiger charge is 2.26. The van der Waals surface area contributed by atoms with Crippen molar-refractivity contribution >= 4 is 39.1 Å². The number of thiazole rings is 1. The van der Waals surface area contributed by atoms with Gasteiger partial charge in [-0.15, -0.1) is 4.80 Å². The quantitative estimate of drug-likeness (QED) is 0.436. The highest BCUT2D eigenvalue weighted by molar-refractivity contribution is 7.18. The molecule has 158 valence electrons. The summed E-state index contributed by atoms with van der Waals surface area (Å²) in [5.74, 6) is 0.479. The van der Waals surface area contributed by atoms with Gasteiger partial charge in [0.1, 0.15) is 16.1 Å². The van der Waals surface area contributed by atoms with Gasteiger partial charge >= 0.3 is 0 Å². The first-order chi connectivity index (χ1) is 15.1. The molecule has 5 rings (SSSR count). The van der Waals surface area contributed by atoms with Crippen LogP contribution in [-0.2, 0) is 22.4 Å². The lowest BCUT2D eigenvalue weighted by molar-refractivity contribution is -0.117. The van der Waals surface area contributed by atoms with Crippen LogP contribution in [0.4, 0.5) is 0 Å². The minimum absolute atomic E-state index is 0.0354. The van der Waals surface area contributed by atoms with Crippen LogP contribution < -0.4 is 0 Å². The van der Waals surface area contributed by atoms with Crippen LogP contribution in [0.1, 0.15) is 40.6 Å². The fourth-order valence-corrected chi connectivity index (χ4v) is 4.92. The summed E-state index contributed by atoms with van der Waals surface area (Å²) < 4.78 is 5.95. The molecule has 4 aromatic rings. The molecule has 0 aliphatic carbocycles. The molecule has 1 saturated heterocycles. The minimum Gasteiger partial charge on any atom is -0.373 e. The second kappa shape index (κ2) is 8.41. The molecule has 0 saturated carbocycles. The molecule has 1 unspecified atom stereocenters. The number of hydrogen-bond acceptors (Lipinski definition) is 8. The number of pyridine rings is 2. The van der Waals surface area contributed by atoms with Gasteiger partial charge in [0, 0.05) is 37.4 Å². The van der Waals surface area contributed by atoms with Crippen LogP contribution >= 0.6 is 22.9 Å². The van der Waals surface area contributed by atoms with Gasteiger partial charge in [-0.1, -0.05) is 22.9 Å². The Morgan fingerprint density at radius 1 is 1.26 bits per heavy atom. The Morgan fingerprint density at radius 3 is 2.84 bits per heavy atom. The molecule has 4 aromatic heterocycles. The summed E-state index contributed by atoms with van der Waals surface area (Å²) in [6.45, 7) is 2.70. The van der Waals surface area contributed by atoms with Crippen LogP contribution in [0.25, 0.3) is 16.2 Å². The standard InChI is InChI=1S/C21H19ClN6O2S/c1-12-27-19-18(17-3-2-6-30-17)14(11-24-21(19)31-12)9-15(29)7-13-8-16(22)20(23-10-13)28-25-4-5-26-28/h4-5,8,10-11,17H,2-3,6-7,9H2,1H3. The monoisotopic (exact) mass is 454 g/mol. The number of nitrogens with zero attached hydrogens (tertiary/aromatic N) is 6. The minimum atomic E-state index is -0.0354. The molecule has 8 nitrogen and oxygen atoms in total. The largest absolute Gasteiger partial charge is 0.373 e. The second-order valence-corrected chi connectivity index (χ2v) is 9.03. The number of fused-ring (bicyclic) bond motifs is 1. The van der Waals surface area contributed by atoms with Crippen molar-refractivity contribution < 1.29 is 9.53 Å². The van der Waals surface area contributed by atoms with Crippen LogP contribution in [0, 0.1) is 6.92 Å². The van der Waals surface area contributed by atoms with Crippen molar-refractivity contribution in [2.24, 2.45) is 0 Å². The predicted octanol–water partition coefficient (Wildman–Crippen LogP) is 3.83. The average molecular weight is 455 g/mol. The molecule has 5 heterocycles. The van der Waals surface area contributed by atoms with E-state index in [1.807, 2.05) is 6.92 Å². The van der Waals surface area contributed by atoms with Crippen molar-refractivity contribution in [1.82, 2.24) is 29.9 Å². The lowest BCUT2D eigenvalue weighted by Gasteiger charge is -2.15. The summed E-state index contributed by atoms with van der Waals surface area (Å²) in [7, 11) is 0. The summed E-state index contributed by atoms with van der Waals surface area (Å²) in [6, 6.07) is 1.73. The van der Waals surface area contributed by atoms with Crippen molar-refractivity contribution in [2.45, 2.75) is 38.7 Å². The zero-order chi connectivity index (χ0) is 21.4.